The lowest BCUT2D eigenvalue weighted by Gasteiger charge is -2.30. The summed E-state index contributed by atoms with van der Waals surface area (Å²) in [7, 11) is 0. The summed E-state index contributed by atoms with van der Waals surface area (Å²) in [5.74, 6) is -4.75. The van der Waals surface area contributed by atoms with E-state index in [4.69, 9.17) is 5.11 Å². The molecule has 3 unspecified atom stereocenters. The van der Waals surface area contributed by atoms with Crippen LogP contribution in [0.25, 0.3) is 0 Å². The molecule has 0 amide bonds. The van der Waals surface area contributed by atoms with Crippen molar-refractivity contribution in [3.05, 3.63) is 35.9 Å². The average molecular weight is 249 g/mol. The lowest BCUT2D eigenvalue weighted by atomic mass is 9.77. The molecule has 0 aromatic heterocycles. The number of aliphatic carboxylic acids is 2. The van der Waals surface area contributed by atoms with E-state index in [-0.39, 0.29) is 5.92 Å². The summed E-state index contributed by atoms with van der Waals surface area (Å²) in [6.07, 6.45) is 0.556. The first-order valence-electron chi connectivity index (χ1n) is 5.97. The van der Waals surface area contributed by atoms with Crippen LogP contribution in [0.1, 0.15) is 31.7 Å². The van der Waals surface area contributed by atoms with Crippen LogP contribution in [0, 0.1) is 11.8 Å². The molecule has 0 heterocycles. The number of carboxylic acid groups (broad SMARTS) is 2. The number of hydrogen-bond donors (Lipinski definition) is 1. The van der Waals surface area contributed by atoms with E-state index in [0.29, 0.717) is 6.42 Å². The molecule has 0 saturated heterocycles. The van der Waals surface area contributed by atoms with Crippen molar-refractivity contribution in [3.63, 3.8) is 0 Å². The van der Waals surface area contributed by atoms with Gasteiger partial charge in [0, 0.05) is 11.9 Å². The number of rotatable bonds is 6. The highest BCUT2D eigenvalue weighted by molar-refractivity contribution is 5.79. The number of carbonyl (C=O) groups excluding carboxylic acids is 1. The van der Waals surface area contributed by atoms with Gasteiger partial charge in [0.15, 0.2) is 0 Å². The summed E-state index contributed by atoms with van der Waals surface area (Å²) in [5.41, 5.74) is 0.835. The molecule has 4 nitrogen and oxygen atoms in total. The van der Waals surface area contributed by atoms with E-state index in [1.807, 2.05) is 37.3 Å². The van der Waals surface area contributed by atoms with Crippen molar-refractivity contribution < 1.29 is 19.8 Å². The second-order valence-electron chi connectivity index (χ2n) is 4.40. The smallest absolute Gasteiger partial charge is 0.306 e. The highest BCUT2D eigenvalue weighted by Crippen LogP contribution is 2.32. The molecule has 1 aromatic carbocycles. The van der Waals surface area contributed by atoms with Crippen LogP contribution in [-0.2, 0) is 9.59 Å². The monoisotopic (exact) mass is 249 g/mol. The molecule has 18 heavy (non-hydrogen) atoms. The summed E-state index contributed by atoms with van der Waals surface area (Å²) in [6, 6.07) is 9.10. The first kappa shape index (κ1) is 14.2. The Hall–Kier alpha value is -1.84. The van der Waals surface area contributed by atoms with E-state index < -0.39 is 23.8 Å². The van der Waals surface area contributed by atoms with E-state index in [0.717, 1.165) is 5.56 Å². The van der Waals surface area contributed by atoms with Gasteiger partial charge in [-0.25, -0.2) is 0 Å². The minimum Gasteiger partial charge on any atom is -0.550 e. The molecule has 0 spiro atoms. The third-order valence-electron chi connectivity index (χ3n) is 3.30. The summed E-state index contributed by atoms with van der Waals surface area (Å²) in [6.45, 7) is 3.26. The van der Waals surface area contributed by atoms with Crippen molar-refractivity contribution in [1.29, 1.82) is 0 Å². The Labute approximate surface area is 106 Å². The molecule has 0 bridgehead atoms. The number of hydrogen-bond acceptors (Lipinski definition) is 3. The zero-order valence-electron chi connectivity index (χ0n) is 10.5. The lowest BCUT2D eigenvalue weighted by molar-refractivity contribution is -0.314. The average Bonchev–Trinajstić information content (AvgIpc) is 2.35. The maximum atomic E-state index is 11.2. The molecular weight excluding hydrogens is 232 g/mol. The predicted octanol–water partition coefficient (Wildman–Crippen LogP) is 1.27. The first-order chi connectivity index (χ1) is 8.49. The van der Waals surface area contributed by atoms with Crippen molar-refractivity contribution in [3.8, 4) is 0 Å². The quantitative estimate of drug-likeness (QED) is 0.823. The van der Waals surface area contributed by atoms with Crippen molar-refractivity contribution in [1.82, 2.24) is 0 Å². The number of carboxylic acids is 2. The van der Waals surface area contributed by atoms with Crippen LogP contribution in [0.15, 0.2) is 30.3 Å². The van der Waals surface area contributed by atoms with Crippen molar-refractivity contribution in [2.24, 2.45) is 11.8 Å². The summed E-state index contributed by atoms with van der Waals surface area (Å²) >= 11 is 0. The molecule has 0 aliphatic rings. The predicted molar refractivity (Wildman–Crippen MR) is 64.8 cm³/mol. The SMILES string of the molecule is CCC(c1ccccc1)C(C(=O)[O-])C(C)C(=O)O. The topological polar surface area (TPSA) is 77.4 Å². The minimum absolute atomic E-state index is 0.345. The van der Waals surface area contributed by atoms with Gasteiger partial charge < -0.3 is 15.0 Å². The molecule has 0 radical (unpaired) electrons. The van der Waals surface area contributed by atoms with Gasteiger partial charge in [0.05, 0.1) is 5.92 Å². The molecule has 0 saturated carbocycles. The largest absolute Gasteiger partial charge is 0.550 e. The molecule has 3 atom stereocenters. The second-order valence-corrected chi connectivity index (χ2v) is 4.40. The molecular formula is C14H17O4-. The minimum atomic E-state index is -1.30. The van der Waals surface area contributed by atoms with Crippen LogP contribution in [-0.4, -0.2) is 17.0 Å². The Bertz CT molecular complexity index is 413. The summed E-state index contributed by atoms with van der Waals surface area (Å²) < 4.78 is 0. The van der Waals surface area contributed by atoms with Crippen molar-refractivity contribution in [2.75, 3.05) is 0 Å². The highest BCUT2D eigenvalue weighted by Gasteiger charge is 2.32. The Morgan fingerprint density at radius 2 is 1.83 bits per heavy atom. The van der Waals surface area contributed by atoms with E-state index in [1.54, 1.807) is 0 Å². The fraction of sp³-hybridized carbons (Fsp3) is 0.429. The van der Waals surface area contributed by atoms with Gasteiger partial charge in [-0.2, -0.15) is 0 Å². The van der Waals surface area contributed by atoms with Crippen LogP contribution in [0.2, 0.25) is 0 Å². The number of benzene rings is 1. The van der Waals surface area contributed by atoms with E-state index in [2.05, 4.69) is 0 Å². The van der Waals surface area contributed by atoms with Gasteiger partial charge in [-0.1, -0.05) is 44.2 Å². The van der Waals surface area contributed by atoms with Crippen LogP contribution < -0.4 is 5.11 Å². The summed E-state index contributed by atoms with van der Waals surface area (Å²) in [4.78, 5) is 22.3. The van der Waals surface area contributed by atoms with Crippen LogP contribution in [0.4, 0.5) is 0 Å². The third kappa shape index (κ3) is 3.09. The Morgan fingerprint density at radius 3 is 2.22 bits per heavy atom. The Kier molecular flexibility index (Phi) is 4.89. The van der Waals surface area contributed by atoms with Gasteiger partial charge >= 0.3 is 5.97 Å². The molecule has 0 aliphatic heterocycles. The fourth-order valence-electron chi connectivity index (χ4n) is 2.27. The zero-order valence-corrected chi connectivity index (χ0v) is 10.5. The van der Waals surface area contributed by atoms with Gasteiger partial charge in [0.2, 0.25) is 0 Å². The first-order valence-corrected chi connectivity index (χ1v) is 5.97. The third-order valence-corrected chi connectivity index (χ3v) is 3.30. The molecule has 1 rings (SSSR count). The molecule has 4 heteroatoms. The molecule has 0 aliphatic carbocycles. The molecule has 1 aromatic rings. The maximum Gasteiger partial charge on any atom is 0.306 e. The maximum absolute atomic E-state index is 11.2. The van der Waals surface area contributed by atoms with Gasteiger partial charge in [0.25, 0.3) is 0 Å². The van der Waals surface area contributed by atoms with Gasteiger partial charge in [0.1, 0.15) is 0 Å². The second kappa shape index (κ2) is 6.19. The van der Waals surface area contributed by atoms with E-state index in [1.165, 1.54) is 6.92 Å². The van der Waals surface area contributed by atoms with Crippen LogP contribution >= 0.6 is 0 Å². The standard InChI is InChI=1S/C14H18O4/c1-3-11(10-7-5-4-6-8-10)12(14(17)18)9(2)13(15)16/h4-9,11-12H,3H2,1-2H3,(H,15,16)(H,17,18)/p-1. The molecule has 98 valence electrons. The normalized spacial score (nSPS) is 15.7. The Balaban J connectivity index is 3.10. The van der Waals surface area contributed by atoms with Gasteiger partial charge in [-0.05, 0) is 17.9 Å². The van der Waals surface area contributed by atoms with Gasteiger partial charge in [-0.3, -0.25) is 4.79 Å². The molecule has 0 fully saturated rings. The van der Waals surface area contributed by atoms with Crippen molar-refractivity contribution in [2.45, 2.75) is 26.2 Å². The van der Waals surface area contributed by atoms with Gasteiger partial charge in [-0.15, -0.1) is 0 Å². The highest BCUT2D eigenvalue weighted by atomic mass is 16.4. The van der Waals surface area contributed by atoms with Crippen molar-refractivity contribution >= 4 is 11.9 Å². The Morgan fingerprint density at radius 1 is 1.28 bits per heavy atom. The molecule has 1 N–H and O–H groups in total. The van der Waals surface area contributed by atoms with Crippen LogP contribution in [0.3, 0.4) is 0 Å². The fourth-order valence-corrected chi connectivity index (χ4v) is 2.27. The lowest BCUT2D eigenvalue weighted by Crippen LogP contribution is -2.41. The number of carbonyl (C=O) groups is 2. The zero-order chi connectivity index (χ0) is 13.7. The van der Waals surface area contributed by atoms with E-state index in [9.17, 15) is 14.7 Å². The van der Waals surface area contributed by atoms with Crippen LogP contribution in [0.5, 0.6) is 0 Å². The van der Waals surface area contributed by atoms with E-state index >= 15 is 0 Å². The summed E-state index contributed by atoms with van der Waals surface area (Å²) in [5, 5.41) is 20.2.